The van der Waals surface area contributed by atoms with Crippen LogP contribution in [0, 0.1) is 0 Å². The predicted molar refractivity (Wildman–Crippen MR) is 39.2 cm³/mol. The summed E-state index contributed by atoms with van der Waals surface area (Å²) < 4.78 is 0. The zero-order valence-corrected chi connectivity index (χ0v) is 5.54. The molecule has 1 aromatic rings. The first-order valence-electron chi connectivity index (χ1n) is 3.05. The first kappa shape index (κ1) is 7.11. The molecule has 1 aromatic heterocycles. The van der Waals surface area contributed by atoms with Gasteiger partial charge in [-0.05, 0) is 6.07 Å². The average Bonchev–Trinajstić information content (AvgIpc) is 2.34. The van der Waals surface area contributed by atoms with Crippen LogP contribution >= 0.6 is 0 Å². The lowest BCUT2D eigenvalue weighted by Gasteiger charge is -2.05. The zero-order valence-electron chi connectivity index (χ0n) is 5.54. The summed E-state index contributed by atoms with van der Waals surface area (Å²) in [5.74, 6) is 0. The Labute approximate surface area is 58.8 Å². The standard InChI is InChI=1S/C6H11N3O/c7-4-1-2-9-6(4)5(8)3-10/h1-2,5,9-10H,3,7-8H2/t5-/m1/s1. The topological polar surface area (TPSA) is 88.1 Å². The Morgan fingerprint density at radius 1 is 1.70 bits per heavy atom. The molecule has 0 aromatic carbocycles. The molecule has 10 heavy (non-hydrogen) atoms. The molecule has 0 amide bonds. The van der Waals surface area contributed by atoms with E-state index in [1.54, 1.807) is 12.3 Å². The quantitative estimate of drug-likeness (QED) is 0.451. The van der Waals surface area contributed by atoms with Gasteiger partial charge in [0.05, 0.1) is 24.0 Å². The molecular formula is C6H11N3O. The van der Waals surface area contributed by atoms with Gasteiger partial charge in [-0.2, -0.15) is 0 Å². The van der Waals surface area contributed by atoms with Gasteiger partial charge in [0.1, 0.15) is 0 Å². The van der Waals surface area contributed by atoms with Gasteiger partial charge >= 0.3 is 0 Å². The van der Waals surface area contributed by atoms with Crippen molar-refractivity contribution in [2.24, 2.45) is 5.73 Å². The molecule has 1 rings (SSSR count). The lowest BCUT2D eigenvalue weighted by molar-refractivity contribution is 0.266. The number of aromatic nitrogens is 1. The van der Waals surface area contributed by atoms with Gasteiger partial charge in [0, 0.05) is 6.20 Å². The van der Waals surface area contributed by atoms with Gasteiger partial charge in [-0.1, -0.05) is 0 Å². The lowest BCUT2D eigenvalue weighted by atomic mass is 10.2. The molecule has 0 radical (unpaired) electrons. The molecule has 6 N–H and O–H groups in total. The molecule has 56 valence electrons. The van der Waals surface area contributed by atoms with E-state index in [0.29, 0.717) is 11.4 Å². The van der Waals surface area contributed by atoms with Crippen molar-refractivity contribution in [1.29, 1.82) is 0 Å². The Kier molecular flexibility index (Phi) is 1.94. The monoisotopic (exact) mass is 141 g/mol. The molecule has 0 unspecified atom stereocenters. The Balaban J connectivity index is 2.82. The maximum Gasteiger partial charge on any atom is 0.0703 e. The summed E-state index contributed by atoms with van der Waals surface area (Å²) in [6, 6.07) is 1.32. The first-order valence-corrected chi connectivity index (χ1v) is 3.05. The van der Waals surface area contributed by atoms with Crippen LogP contribution in [0.1, 0.15) is 11.7 Å². The number of anilines is 1. The summed E-state index contributed by atoms with van der Waals surface area (Å²) in [5, 5.41) is 8.63. The Hall–Kier alpha value is -1.00. The predicted octanol–water partition coefficient (Wildman–Crippen LogP) is -0.411. The third-order valence-electron chi connectivity index (χ3n) is 1.38. The minimum atomic E-state index is -0.394. The largest absolute Gasteiger partial charge is 0.397 e. The maximum atomic E-state index is 8.63. The summed E-state index contributed by atoms with van der Waals surface area (Å²) in [6.07, 6.45) is 1.69. The molecule has 0 aliphatic rings. The molecule has 4 heteroatoms. The van der Waals surface area contributed by atoms with E-state index in [4.69, 9.17) is 16.6 Å². The number of nitrogen functional groups attached to an aromatic ring is 1. The summed E-state index contributed by atoms with van der Waals surface area (Å²) in [5.41, 5.74) is 12.3. The molecule has 0 aliphatic heterocycles. The van der Waals surface area contributed by atoms with E-state index in [2.05, 4.69) is 4.98 Å². The number of aliphatic hydroxyl groups is 1. The summed E-state index contributed by atoms with van der Waals surface area (Å²) in [4.78, 5) is 2.85. The third kappa shape index (κ3) is 1.12. The van der Waals surface area contributed by atoms with Crippen LogP contribution < -0.4 is 11.5 Å². The van der Waals surface area contributed by atoms with Crippen LogP contribution in [-0.2, 0) is 0 Å². The van der Waals surface area contributed by atoms with Gasteiger partial charge < -0.3 is 21.6 Å². The second-order valence-corrected chi connectivity index (χ2v) is 2.14. The van der Waals surface area contributed by atoms with E-state index >= 15 is 0 Å². The Morgan fingerprint density at radius 3 is 2.80 bits per heavy atom. The van der Waals surface area contributed by atoms with E-state index in [1.807, 2.05) is 0 Å². The minimum absolute atomic E-state index is 0.0925. The molecule has 0 spiro atoms. The fraction of sp³-hybridized carbons (Fsp3) is 0.333. The molecule has 0 aliphatic carbocycles. The normalized spacial score (nSPS) is 13.4. The van der Waals surface area contributed by atoms with E-state index in [-0.39, 0.29) is 6.61 Å². The van der Waals surface area contributed by atoms with Crippen molar-refractivity contribution in [3.8, 4) is 0 Å². The van der Waals surface area contributed by atoms with Crippen molar-refractivity contribution in [3.63, 3.8) is 0 Å². The SMILES string of the molecule is Nc1cc[nH]c1[C@H](N)CO. The lowest BCUT2D eigenvalue weighted by Crippen LogP contribution is -2.16. The molecular weight excluding hydrogens is 130 g/mol. The second kappa shape index (κ2) is 2.72. The minimum Gasteiger partial charge on any atom is -0.397 e. The van der Waals surface area contributed by atoms with Crippen LogP contribution in [0.5, 0.6) is 0 Å². The Morgan fingerprint density at radius 2 is 2.40 bits per heavy atom. The fourth-order valence-electron chi connectivity index (χ4n) is 0.807. The van der Waals surface area contributed by atoms with E-state index in [1.165, 1.54) is 0 Å². The second-order valence-electron chi connectivity index (χ2n) is 2.14. The molecule has 0 saturated carbocycles. The van der Waals surface area contributed by atoms with Crippen LogP contribution in [-0.4, -0.2) is 16.7 Å². The number of aliphatic hydroxyl groups excluding tert-OH is 1. The summed E-state index contributed by atoms with van der Waals surface area (Å²) in [6.45, 7) is -0.0925. The van der Waals surface area contributed by atoms with Crippen LogP contribution in [0.4, 0.5) is 5.69 Å². The van der Waals surface area contributed by atoms with Crippen LogP contribution in [0.25, 0.3) is 0 Å². The number of nitrogens with one attached hydrogen (secondary N) is 1. The highest BCUT2D eigenvalue weighted by molar-refractivity contribution is 5.44. The number of H-pyrrole nitrogens is 1. The van der Waals surface area contributed by atoms with Crippen molar-refractivity contribution in [3.05, 3.63) is 18.0 Å². The zero-order chi connectivity index (χ0) is 7.56. The number of hydrogen-bond donors (Lipinski definition) is 4. The molecule has 1 heterocycles. The van der Waals surface area contributed by atoms with Crippen molar-refractivity contribution >= 4 is 5.69 Å². The van der Waals surface area contributed by atoms with Gasteiger partial charge in [0.2, 0.25) is 0 Å². The summed E-state index contributed by atoms with van der Waals surface area (Å²) in [7, 11) is 0. The van der Waals surface area contributed by atoms with Gasteiger partial charge in [-0.3, -0.25) is 0 Å². The van der Waals surface area contributed by atoms with E-state index in [0.717, 1.165) is 0 Å². The van der Waals surface area contributed by atoms with Gasteiger partial charge in [-0.25, -0.2) is 0 Å². The smallest absolute Gasteiger partial charge is 0.0703 e. The highest BCUT2D eigenvalue weighted by Crippen LogP contribution is 2.14. The first-order chi connectivity index (χ1) is 4.75. The molecule has 0 fully saturated rings. The van der Waals surface area contributed by atoms with Crippen LogP contribution in [0.3, 0.4) is 0 Å². The van der Waals surface area contributed by atoms with Crippen molar-refractivity contribution < 1.29 is 5.11 Å². The molecule has 0 saturated heterocycles. The fourth-order valence-corrected chi connectivity index (χ4v) is 0.807. The molecule has 1 atom stereocenters. The van der Waals surface area contributed by atoms with Crippen LogP contribution in [0.2, 0.25) is 0 Å². The molecule has 0 bridgehead atoms. The highest BCUT2D eigenvalue weighted by atomic mass is 16.3. The average molecular weight is 141 g/mol. The number of hydrogen-bond acceptors (Lipinski definition) is 3. The molecule has 4 nitrogen and oxygen atoms in total. The number of nitrogens with two attached hydrogens (primary N) is 2. The number of aromatic amines is 1. The van der Waals surface area contributed by atoms with Gasteiger partial charge in [0.15, 0.2) is 0 Å². The Bertz CT molecular complexity index is 209. The van der Waals surface area contributed by atoms with Gasteiger partial charge in [-0.15, -0.1) is 0 Å². The summed E-state index contributed by atoms with van der Waals surface area (Å²) >= 11 is 0. The number of rotatable bonds is 2. The van der Waals surface area contributed by atoms with Crippen molar-refractivity contribution in [2.75, 3.05) is 12.3 Å². The highest BCUT2D eigenvalue weighted by Gasteiger charge is 2.07. The van der Waals surface area contributed by atoms with Crippen molar-refractivity contribution in [1.82, 2.24) is 4.98 Å². The van der Waals surface area contributed by atoms with E-state index in [9.17, 15) is 0 Å². The maximum absolute atomic E-state index is 8.63. The van der Waals surface area contributed by atoms with E-state index < -0.39 is 6.04 Å². The van der Waals surface area contributed by atoms with Crippen molar-refractivity contribution in [2.45, 2.75) is 6.04 Å². The third-order valence-corrected chi connectivity index (χ3v) is 1.38. The van der Waals surface area contributed by atoms with Crippen LogP contribution in [0.15, 0.2) is 12.3 Å². The van der Waals surface area contributed by atoms with Gasteiger partial charge in [0.25, 0.3) is 0 Å².